The largest absolute Gasteiger partial charge is 0.507 e. The van der Waals surface area contributed by atoms with Crippen molar-refractivity contribution < 1.29 is 10.2 Å². The van der Waals surface area contributed by atoms with Crippen molar-refractivity contribution in [2.45, 2.75) is 27.2 Å². The van der Waals surface area contributed by atoms with Crippen molar-refractivity contribution in [2.75, 3.05) is 0 Å². The molecule has 0 aromatic heterocycles. The predicted octanol–water partition coefficient (Wildman–Crippen LogP) is 4.28. The molecule has 0 amide bonds. The highest BCUT2D eigenvalue weighted by Gasteiger charge is 2.15. The molecule has 2 aromatic rings. The molecule has 0 fully saturated rings. The Morgan fingerprint density at radius 1 is 0.850 bits per heavy atom. The van der Waals surface area contributed by atoms with E-state index in [9.17, 15) is 10.2 Å². The zero-order chi connectivity index (χ0) is 14.7. The maximum atomic E-state index is 10.2. The zero-order valence-electron chi connectivity index (χ0n) is 12.1. The molecule has 0 radical (unpaired) electrons. The van der Waals surface area contributed by atoms with Gasteiger partial charge in [0.15, 0.2) is 0 Å². The maximum absolute atomic E-state index is 10.2. The van der Waals surface area contributed by atoms with Gasteiger partial charge in [-0.3, -0.25) is 0 Å². The first-order valence-corrected chi connectivity index (χ1v) is 6.74. The minimum atomic E-state index is 0.281. The smallest absolute Gasteiger partial charge is 0.122 e. The molecular formula is C18H20O2. The molecule has 0 atom stereocenters. The van der Waals surface area contributed by atoms with Gasteiger partial charge in [-0.05, 0) is 49.4 Å². The zero-order valence-corrected chi connectivity index (χ0v) is 12.1. The van der Waals surface area contributed by atoms with Crippen molar-refractivity contribution >= 4 is 6.08 Å². The lowest BCUT2D eigenvalue weighted by Gasteiger charge is -2.14. The van der Waals surface area contributed by atoms with Gasteiger partial charge in [0, 0.05) is 5.56 Å². The summed E-state index contributed by atoms with van der Waals surface area (Å²) in [5.41, 5.74) is 4.16. The van der Waals surface area contributed by atoms with Crippen LogP contribution >= 0.6 is 0 Å². The first kappa shape index (κ1) is 14.2. The summed E-state index contributed by atoms with van der Waals surface area (Å²) in [6.07, 6.45) is 4.62. The molecule has 2 rings (SSSR count). The Labute approximate surface area is 120 Å². The van der Waals surface area contributed by atoms with E-state index in [1.54, 1.807) is 0 Å². The number of phenols is 2. The van der Waals surface area contributed by atoms with E-state index in [0.717, 1.165) is 27.8 Å². The van der Waals surface area contributed by atoms with Crippen LogP contribution in [0.3, 0.4) is 0 Å². The van der Waals surface area contributed by atoms with Crippen LogP contribution in [-0.4, -0.2) is 10.2 Å². The molecule has 20 heavy (non-hydrogen) atoms. The van der Waals surface area contributed by atoms with Crippen LogP contribution in [0.2, 0.25) is 0 Å². The first-order valence-electron chi connectivity index (χ1n) is 6.74. The Morgan fingerprint density at radius 3 is 2.10 bits per heavy atom. The summed E-state index contributed by atoms with van der Waals surface area (Å²) in [4.78, 5) is 0. The molecule has 0 saturated carbocycles. The molecule has 0 heterocycles. The van der Waals surface area contributed by atoms with Crippen molar-refractivity contribution in [3.05, 3.63) is 64.2 Å². The minimum Gasteiger partial charge on any atom is -0.507 e. The van der Waals surface area contributed by atoms with E-state index >= 15 is 0 Å². The third kappa shape index (κ3) is 2.69. The number of hydrogen-bond donors (Lipinski definition) is 2. The van der Waals surface area contributed by atoms with Crippen LogP contribution in [0.15, 0.2) is 36.4 Å². The molecule has 0 aliphatic carbocycles. The number of hydrogen-bond acceptors (Lipinski definition) is 2. The van der Waals surface area contributed by atoms with Gasteiger partial charge in [-0.25, -0.2) is 0 Å². The van der Waals surface area contributed by atoms with Crippen molar-refractivity contribution in [3.63, 3.8) is 0 Å². The Kier molecular flexibility index (Phi) is 4.14. The highest BCUT2D eigenvalue weighted by atomic mass is 16.3. The molecule has 0 aliphatic heterocycles. The molecule has 0 aliphatic rings. The Bertz CT molecular complexity index is 611. The summed E-state index contributed by atoms with van der Waals surface area (Å²) in [5, 5.41) is 20.3. The average Bonchev–Trinajstić information content (AvgIpc) is 2.48. The summed E-state index contributed by atoms with van der Waals surface area (Å²) >= 11 is 0. The first-order chi connectivity index (χ1) is 9.52. The van der Waals surface area contributed by atoms with Gasteiger partial charge in [-0.1, -0.05) is 42.5 Å². The van der Waals surface area contributed by atoms with Gasteiger partial charge in [0.05, 0.1) is 0 Å². The fourth-order valence-electron chi connectivity index (χ4n) is 2.31. The van der Waals surface area contributed by atoms with Gasteiger partial charge >= 0.3 is 0 Å². The van der Waals surface area contributed by atoms with Gasteiger partial charge in [0.25, 0.3) is 0 Å². The number of benzene rings is 2. The van der Waals surface area contributed by atoms with Crippen molar-refractivity contribution in [1.29, 1.82) is 0 Å². The third-order valence-corrected chi connectivity index (χ3v) is 3.80. The van der Waals surface area contributed by atoms with Crippen LogP contribution in [0.25, 0.3) is 6.08 Å². The summed E-state index contributed by atoms with van der Waals surface area (Å²) in [6.45, 7) is 5.49. The van der Waals surface area contributed by atoms with Gasteiger partial charge in [-0.15, -0.1) is 0 Å². The lowest BCUT2D eigenvalue weighted by atomic mass is 9.95. The standard InChI is InChI=1S/C18H20O2/c1-12-13(2)18(20)16(14(3)17(12)19)11-7-10-15-8-5-4-6-9-15/h4-10,19-20H,11H2,1-3H3. The van der Waals surface area contributed by atoms with Gasteiger partial charge in [0.2, 0.25) is 0 Å². The van der Waals surface area contributed by atoms with Crippen LogP contribution in [0.1, 0.15) is 27.8 Å². The Balaban J connectivity index is 2.29. The van der Waals surface area contributed by atoms with E-state index in [-0.39, 0.29) is 11.5 Å². The molecule has 0 bridgehead atoms. The molecule has 104 valence electrons. The molecule has 0 unspecified atom stereocenters. The van der Waals surface area contributed by atoms with Crippen molar-refractivity contribution in [2.24, 2.45) is 0 Å². The van der Waals surface area contributed by atoms with Gasteiger partial charge in [0.1, 0.15) is 11.5 Å². The normalized spacial score (nSPS) is 11.2. The van der Waals surface area contributed by atoms with E-state index in [1.807, 2.05) is 63.3 Å². The topological polar surface area (TPSA) is 40.5 Å². The summed E-state index contributed by atoms with van der Waals surface area (Å²) in [7, 11) is 0. The lowest BCUT2D eigenvalue weighted by molar-refractivity contribution is 0.445. The number of rotatable bonds is 3. The number of allylic oxidation sites excluding steroid dienone is 1. The van der Waals surface area contributed by atoms with Gasteiger partial charge < -0.3 is 10.2 Å². The van der Waals surface area contributed by atoms with Crippen molar-refractivity contribution in [1.82, 2.24) is 0 Å². The second-order valence-corrected chi connectivity index (χ2v) is 5.07. The average molecular weight is 268 g/mol. The van der Waals surface area contributed by atoms with Crippen molar-refractivity contribution in [3.8, 4) is 11.5 Å². The highest BCUT2D eigenvalue weighted by Crippen LogP contribution is 2.36. The fraction of sp³-hybridized carbons (Fsp3) is 0.222. The van der Waals surface area contributed by atoms with E-state index < -0.39 is 0 Å². The highest BCUT2D eigenvalue weighted by molar-refractivity contribution is 5.58. The fourth-order valence-corrected chi connectivity index (χ4v) is 2.31. The van der Waals surface area contributed by atoms with E-state index in [1.165, 1.54) is 0 Å². The van der Waals surface area contributed by atoms with E-state index in [2.05, 4.69) is 0 Å². The van der Waals surface area contributed by atoms with E-state index in [0.29, 0.717) is 6.42 Å². The summed E-state index contributed by atoms with van der Waals surface area (Å²) < 4.78 is 0. The van der Waals surface area contributed by atoms with Crippen LogP contribution in [0, 0.1) is 20.8 Å². The van der Waals surface area contributed by atoms with Crippen LogP contribution in [-0.2, 0) is 6.42 Å². The van der Waals surface area contributed by atoms with Gasteiger partial charge in [-0.2, -0.15) is 0 Å². The monoisotopic (exact) mass is 268 g/mol. The van der Waals surface area contributed by atoms with Crippen LogP contribution in [0.5, 0.6) is 11.5 Å². The molecule has 2 heteroatoms. The SMILES string of the molecule is Cc1c(C)c(O)c(CC=Cc2ccccc2)c(C)c1O. The number of aromatic hydroxyl groups is 2. The molecule has 2 nitrogen and oxygen atoms in total. The second-order valence-electron chi connectivity index (χ2n) is 5.07. The molecule has 2 N–H and O–H groups in total. The minimum absolute atomic E-state index is 0.281. The molecule has 0 saturated heterocycles. The Hall–Kier alpha value is -2.22. The second kappa shape index (κ2) is 5.83. The number of phenolic OH excluding ortho intramolecular Hbond substituents is 2. The molecule has 0 spiro atoms. The Morgan fingerprint density at radius 2 is 1.45 bits per heavy atom. The quantitative estimate of drug-likeness (QED) is 0.816. The van der Waals surface area contributed by atoms with E-state index in [4.69, 9.17) is 0 Å². The third-order valence-electron chi connectivity index (χ3n) is 3.80. The van der Waals surface area contributed by atoms with Crippen LogP contribution < -0.4 is 0 Å². The maximum Gasteiger partial charge on any atom is 0.122 e. The predicted molar refractivity (Wildman–Crippen MR) is 83.2 cm³/mol. The summed E-state index contributed by atoms with van der Waals surface area (Å²) in [6, 6.07) is 10.0. The van der Waals surface area contributed by atoms with Crippen LogP contribution in [0.4, 0.5) is 0 Å². The molecule has 2 aromatic carbocycles. The summed E-state index contributed by atoms with van der Waals surface area (Å²) in [5.74, 6) is 0.568. The molecular weight excluding hydrogens is 248 g/mol. The lowest BCUT2D eigenvalue weighted by Crippen LogP contribution is -1.95.